The van der Waals surface area contributed by atoms with Crippen molar-refractivity contribution in [2.75, 3.05) is 0 Å². The summed E-state index contributed by atoms with van der Waals surface area (Å²) < 4.78 is 25.0. The maximum Gasteiger partial charge on any atom is 0.495 e. The molecule has 0 atom stereocenters. The van der Waals surface area contributed by atoms with Crippen molar-refractivity contribution in [2.45, 2.75) is 91.6 Å². The Morgan fingerprint density at radius 2 is 0.781 bits per heavy atom. The van der Waals surface area contributed by atoms with Crippen molar-refractivity contribution in [3.05, 3.63) is 47.5 Å². The fourth-order valence-corrected chi connectivity index (χ4v) is 4.18. The van der Waals surface area contributed by atoms with Crippen LogP contribution in [-0.2, 0) is 18.6 Å². The Bertz CT molecular complexity index is 927. The van der Waals surface area contributed by atoms with Gasteiger partial charge in [-0.1, -0.05) is 47.5 Å². The first kappa shape index (κ1) is 23.6. The number of aryl methyl sites for hydroxylation is 2. The van der Waals surface area contributed by atoms with Crippen LogP contribution in [0.1, 0.15) is 66.5 Å². The van der Waals surface area contributed by atoms with Crippen molar-refractivity contribution in [3.63, 3.8) is 0 Å². The summed E-state index contributed by atoms with van der Waals surface area (Å²) in [5.41, 5.74) is 5.45. The van der Waals surface area contributed by atoms with Crippen molar-refractivity contribution < 1.29 is 18.6 Å². The molecule has 2 aliphatic heterocycles. The van der Waals surface area contributed by atoms with Gasteiger partial charge in [0.15, 0.2) is 0 Å². The Balaban J connectivity index is 1.58. The van der Waals surface area contributed by atoms with Gasteiger partial charge in [0.1, 0.15) is 0 Å². The van der Waals surface area contributed by atoms with Crippen molar-refractivity contribution in [3.8, 4) is 11.1 Å². The van der Waals surface area contributed by atoms with Gasteiger partial charge in [-0.3, -0.25) is 0 Å². The van der Waals surface area contributed by atoms with E-state index in [9.17, 15) is 0 Å². The highest BCUT2D eigenvalue weighted by molar-refractivity contribution is 6.63. The predicted molar refractivity (Wildman–Crippen MR) is 133 cm³/mol. The quantitative estimate of drug-likeness (QED) is 0.664. The summed E-state index contributed by atoms with van der Waals surface area (Å²) in [7, 11) is -0.692. The van der Waals surface area contributed by atoms with Crippen LogP contribution in [0.4, 0.5) is 0 Å². The number of hydrogen-bond acceptors (Lipinski definition) is 4. The van der Waals surface area contributed by atoms with Crippen LogP contribution in [-0.4, -0.2) is 36.6 Å². The van der Waals surface area contributed by atoms with Crippen LogP contribution in [0.3, 0.4) is 0 Å². The van der Waals surface area contributed by atoms with E-state index in [0.29, 0.717) is 0 Å². The van der Waals surface area contributed by atoms with Crippen LogP contribution >= 0.6 is 0 Å². The van der Waals surface area contributed by atoms with Gasteiger partial charge in [-0.05, 0) is 91.3 Å². The molecule has 0 aromatic heterocycles. The number of hydrogen-bond donors (Lipinski definition) is 0. The van der Waals surface area contributed by atoms with Crippen LogP contribution in [0.25, 0.3) is 11.1 Å². The molecule has 2 aliphatic rings. The Labute approximate surface area is 194 Å². The Morgan fingerprint density at radius 3 is 1.03 bits per heavy atom. The first-order valence-corrected chi connectivity index (χ1v) is 11.6. The minimum absolute atomic E-state index is 0.344. The van der Waals surface area contributed by atoms with Crippen LogP contribution in [0.2, 0.25) is 0 Å². The minimum atomic E-state index is -0.346. The van der Waals surface area contributed by atoms with Gasteiger partial charge in [-0.15, -0.1) is 0 Å². The Hall–Kier alpha value is -1.59. The van der Waals surface area contributed by atoms with Crippen LogP contribution < -0.4 is 10.9 Å². The smallest absolute Gasteiger partial charge is 0.399 e. The summed E-state index contributed by atoms with van der Waals surface area (Å²) in [4.78, 5) is 0. The molecule has 0 saturated carbocycles. The summed E-state index contributed by atoms with van der Waals surface area (Å²) in [5.74, 6) is 0. The molecule has 2 aromatic carbocycles. The molecule has 2 heterocycles. The number of benzene rings is 2. The lowest BCUT2D eigenvalue weighted by Gasteiger charge is -2.32. The van der Waals surface area contributed by atoms with E-state index in [1.807, 2.05) is 0 Å². The molecule has 2 aromatic rings. The molecule has 0 unspecified atom stereocenters. The van der Waals surface area contributed by atoms with Gasteiger partial charge in [0.2, 0.25) is 0 Å². The van der Waals surface area contributed by atoms with Gasteiger partial charge >= 0.3 is 14.2 Å². The summed E-state index contributed by atoms with van der Waals surface area (Å²) in [5, 5.41) is 0. The third kappa shape index (κ3) is 3.85. The summed E-state index contributed by atoms with van der Waals surface area (Å²) in [6.45, 7) is 20.9. The number of rotatable bonds is 3. The molecule has 4 nitrogen and oxygen atoms in total. The summed E-state index contributed by atoms with van der Waals surface area (Å²) in [6.07, 6.45) is 0. The van der Waals surface area contributed by atoms with Crippen molar-refractivity contribution in [1.29, 1.82) is 0 Å². The van der Waals surface area contributed by atoms with Crippen LogP contribution in [0.15, 0.2) is 36.4 Å². The Morgan fingerprint density at radius 1 is 0.500 bits per heavy atom. The fourth-order valence-electron chi connectivity index (χ4n) is 4.18. The van der Waals surface area contributed by atoms with Crippen molar-refractivity contribution in [1.82, 2.24) is 0 Å². The van der Waals surface area contributed by atoms with E-state index in [1.54, 1.807) is 0 Å². The molecule has 0 amide bonds. The molecule has 0 bridgehead atoms. The standard InChI is InChI=1S/C26H36B2O4/c1-17-15-19(11-13-21(17)27-29-23(3,4)24(5,6)30-27)20-12-14-22(18(2)16-20)28-31-25(7,8)26(9,10)32-28/h11-16H,1-10H3. The van der Waals surface area contributed by atoms with E-state index < -0.39 is 0 Å². The second kappa shape index (κ2) is 7.46. The lowest BCUT2D eigenvalue weighted by molar-refractivity contribution is 0.00578. The third-order valence-electron chi connectivity index (χ3n) is 7.89. The van der Waals surface area contributed by atoms with Gasteiger partial charge in [0.25, 0.3) is 0 Å². The minimum Gasteiger partial charge on any atom is -0.399 e. The van der Waals surface area contributed by atoms with E-state index in [-0.39, 0.29) is 36.6 Å². The molecule has 6 heteroatoms. The molecular weight excluding hydrogens is 398 g/mol. The summed E-state index contributed by atoms with van der Waals surface area (Å²) in [6, 6.07) is 13.0. The SMILES string of the molecule is Cc1cc(-c2ccc(B3OC(C)(C)C(C)(C)O3)c(C)c2)ccc1B1OC(C)(C)C(C)(C)O1. The normalized spacial score (nSPS) is 23.1. The molecular formula is C26H36B2O4. The second-order valence-electron chi connectivity index (χ2n) is 11.3. The maximum atomic E-state index is 6.25. The van der Waals surface area contributed by atoms with Gasteiger partial charge in [0, 0.05) is 0 Å². The third-order valence-corrected chi connectivity index (χ3v) is 7.89. The molecule has 4 rings (SSSR count). The molecule has 0 aliphatic carbocycles. The zero-order valence-electron chi connectivity index (χ0n) is 21.3. The van der Waals surface area contributed by atoms with Crippen LogP contribution in [0, 0.1) is 13.8 Å². The average Bonchev–Trinajstić information content (AvgIpc) is 3.00. The average molecular weight is 434 g/mol. The van der Waals surface area contributed by atoms with E-state index in [2.05, 4.69) is 106 Å². The Kier molecular flexibility index (Phi) is 5.49. The largest absolute Gasteiger partial charge is 0.495 e. The van der Waals surface area contributed by atoms with Crippen molar-refractivity contribution >= 4 is 25.2 Å². The predicted octanol–water partition coefficient (Wildman–Crippen LogP) is 4.57. The van der Waals surface area contributed by atoms with Gasteiger partial charge in [0.05, 0.1) is 22.4 Å². The highest BCUT2D eigenvalue weighted by Gasteiger charge is 2.53. The van der Waals surface area contributed by atoms with Gasteiger partial charge in [-0.2, -0.15) is 0 Å². The molecule has 2 fully saturated rings. The van der Waals surface area contributed by atoms with E-state index in [4.69, 9.17) is 18.6 Å². The monoisotopic (exact) mass is 434 g/mol. The topological polar surface area (TPSA) is 36.9 Å². The first-order valence-electron chi connectivity index (χ1n) is 11.6. The molecule has 2 saturated heterocycles. The molecule has 0 N–H and O–H groups in total. The van der Waals surface area contributed by atoms with Crippen LogP contribution in [0.5, 0.6) is 0 Å². The molecule has 0 spiro atoms. The zero-order chi connectivity index (χ0) is 23.7. The molecule has 0 radical (unpaired) electrons. The van der Waals surface area contributed by atoms with E-state index in [0.717, 1.165) is 22.1 Å². The lowest BCUT2D eigenvalue weighted by Crippen LogP contribution is -2.41. The van der Waals surface area contributed by atoms with Gasteiger partial charge < -0.3 is 18.6 Å². The lowest BCUT2D eigenvalue weighted by atomic mass is 9.74. The van der Waals surface area contributed by atoms with Crippen molar-refractivity contribution in [2.24, 2.45) is 0 Å². The second-order valence-corrected chi connectivity index (χ2v) is 11.3. The van der Waals surface area contributed by atoms with E-state index in [1.165, 1.54) is 11.1 Å². The highest BCUT2D eigenvalue weighted by Crippen LogP contribution is 2.38. The first-order chi connectivity index (χ1) is 14.6. The maximum absolute atomic E-state index is 6.25. The molecule has 170 valence electrons. The zero-order valence-corrected chi connectivity index (χ0v) is 21.3. The van der Waals surface area contributed by atoms with Gasteiger partial charge in [-0.25, -0.2) is 0 Å². The van der Waals surface area contributed by atoms with E-state index >= 15 is 0 Å². The fraction of sp³-hybridized carbons (Fsp3) is 0.538. The molecule has 32 heavy (non-hydrogen) atoms. The highest BCUT2D eigenvalue weighted by atomic mass is 16.7. The summed E-state index contributed by atoms with van der Waals surface area (Å²) >= 11 is 0.